The monoisotopic (exact) mass is 510 g/mol. The van der Waals surface area contributed by atoms with Gasteiger partial charge in [-0.25, -0.2) is 15.0 Å². The smallest absolute Gasteiger partial charge is 0.247 e. The second-order valence-corrected chi connectivity index (χ2v) is 9.87. The molecule has 1 aliphatic heterocycles. The van der Waals surface area contributed by atoms with E-state index in [4.69, 9.17) is 31.4 Å². The normalized spacial score (nSPS) is 15.3. The summed E-state index contributed by atoms with van der Waals surface area (Å²) in [4.78, 5) is 11.2. The van der Waals surface area contributed by atoms with Gasteiger partial charge in [-0.05, 0) is 54.3 Å². The van der Waals surface area contributed by atoms with E-state index in [1.807, 2.05) is 66.5 Å². The molecule has 0 aliphatic carbocycles. The molecule has 0 spiro atoms. The van der Waals surface area contributed by atoms with Gasteiger partial charge in [0.2, 0.25) is 5.95 Å². The van der Waals surface area contributed by atoms with Crippen LogP contribution in [0, 0.1) is 0 Å². The third-order valence-corrected chi connectivity index (χ3v) is 7.35. The molecule has 0 saturated carbocycles. The maximum absolute atomic E-state index is 6.17. The van der Waals surface area contributed by atoms with Crippen LogP contribution in [0.15, 0.2) is 95.4 Å². The van der Waals surface area contributed by atoms with Crippen LogP contribution < -0.4 is 9.75 Å². The summed E-state index contributed by atoms with van der Waals surface area (Å²) >= 11 is 7.87. The molecule has 2 aromatic heterocycles. The third-order valence-electron chi connectivity index (χ3n) is 6.18. The summed E-state index contributed by atoms with van der Waals surface area (Å²) in [7, 11) is 0. The second-order valence-electron chi connectivity index (χ2n) is 8.49. The number of hydrogen-bond donors (Lipinski definition) is 0. The molecule has 5 nitrogen and oxygen atoms in total. The highest BCUT2D eigenvalue weighted by molar-refractivity contribution is 7.12. The van der Waals surface area contributed by atoms with Crippen molar-refractivity contribution in [2.75, 3.05) is 11.6 Å². The fourth-order valence-corrected chi connectivity index (χ4v) is 5.37. The lowest BCUT2D eigenvalue weighted by Gasteiger charge is -2.23. The summed E-state index contributed by atoms with van der Waals surface area (Å²) in [6.45, 7) is 2.61. The van der Waals surface area contributed by atoms with Gasteiger partial charge in [-0.1, -0.05) is 60.1 Å². The summed E-state index contributed by atoms with van der Waals surface area (Å²) in [5.41, 5.74) is 4.85. The van der Waals surface area contributed by atoms with Gasteiger partial charge in [0, 0.05) is 22.4 Å². The van der Waals surface area contributed by atoms with Gasteiger partial charge in [0.1, 0.15) is 5.75 Å². The molecule has 5 aromatic rings. The second kappa shape index (κ2) is 9.72. The summed E-state index contributed by atoms with van der Waals surface area (Å²) in [6.07, 6.45) is 0.753. The number of aromatic nitrogens is 2. The highest BCUT2D eigenvalue weighted by atomic mass is 35.5. The zero-order chi connectivity index (χ0) is 24.5. The largest absolute Gasteiger partial charge is 0.494 e. The Hall–Kier alpha value is -3.74. The van der Waals surface area contributed by atoms with Crippen molar-refractivity contribution in [1.29, 1.82) is 0 Å². The maximum atomic E-state index is 6.17. The minimum Gasteiger partial charge on any atom is -0.494 e. The van der Waals surface area contributed by atoms with Crippen molar-refractivity contribution in [3.8, 4) is 17.0 Å². The van der Waals surface area contributed by atoms with Gasteiger partial charge in [-0.15, -0.1) is 11.3 Å². The molecule has 0 bridgehead atoms. The van der Waals surface area contributed by atoms with Crippen LogP contribution in [-0.2, 0) is 0 Å². The summed E-state index contributed by atoms with van der Waals surface area (Å²) in [5.74, 6) is 1.41. The Morgan fingerprint density at radius 1 is 0.972 bits per heavy atom. The van der Waals surface area contributed by atoms with Gasteiger partial charge in [-0.2, -0.15) is 5.10 Å². The fraction of sp³-hybridized carbons (Fsp3) is 0.138. The van der Waals surface area contributed by atoms with Gasteiger partial charge in [0.15, 0.2) is 0 Å². The number of halogens is 1. The Morgan fingerprint density at radius 2 is 1.83 bits per heavy atom. The lowest BCUT2D eigenvalue weighted by molar-refractivity contribution is 0.339. The number of benzene rings is 3. The number of fused-ring (bicyclic) bond motifs is 1. The van der Waals surface area contributed by atoms with Gasteiger partial charge in [0.25, 0.3) is 0 Å². The lowest BCUT2D eigenvalue weighted by atomic mass is 10.0. The molecule has 3 aromatic carbocycles. The number of rotatable bonds is 6. The molecule has 0 fully saturated rings. The van der Waals surface area contributed by atoms with Crippen LogP contribution in [0.2, 0.25) is 5.02 Å². The molecule has 1 aliphatic rings. The van der Waals surface area contributed by atoms with Crippen molar-refractivity contribution >= 4 is 45.5 Å². The van der Waals surface area contributed by atoms with Crippen molar-refractivity contribution in [2.24, 2.45) is 5.10 Å². The predicted octanol–water partition coefficient (Wildman–Crippen LogP) is 7.77. The van der Waals surface area contributed by atoms with Crippen LogP contribution in [0.4, 0.5) is 5.95 Å². The molecule has 6 rings (SSSR count). The highest BCUT2D eigenvalue weighted by Gasteiger charge is 2.33. The molecular formula is C29H23ClN4OS. The van der Waals surface area contributed by atoms with Crippen LogP contribution in [0.1, 0.15) is 29.8 Å². The average Bonchev–Trinajstić information content (AvgIpc) is 3.60. The van der Waals surface area contributed by atoms with E-state index < -0.39 is 0 Å². The maximum Gasteiger partial charge on any atom is 0.247 e. The number of hydrazone groups is 1. The molecular weight excluding hydrogens is 488 g/mol. The number of thiophene rings is 1. The zero-order valence-electron chi connectivity index (χ0n) is 19.6. The molecule has 0 radical (unpaired) electrons. The first-order chi connectivity index (χ1) is 17.7. The van der Waals surface area contributed by atoms with E-state index in [2.05, 4.69) is 35.7 Å². The van der Waals surface area contributed by atoms with Crippen molar-refractivity contribution in [3.05, 3.63) is 106 Å². The highest BCUT2D eigenvalue weighted by Crippen LogP contribution is 2.39. The molecule has 0 amide bonds. The molecule has 0 unspecified atom stereocenters. The predicted molar refractivity (Wildman–Crippen MR) is 148 cm³/mol. The standard InChI is InChI=1S/C29H23ClN4OS/c1-2-35-22-8-5-7-20(17-22)26-18-25(27-11-6-16-36-27)33-34(26)29-31-24-10-4-3-9-23(24)28(32-29)19-12-14-21(30)15-13-19/h3-17,26H,2,18H2,1H3/t26-/m1/s1. The molecule has 3 heterocycles. The minimum absolute atomic E-state index is 0.0539. The van der Waals surface area contributed by atoms with Crippen molar-refractivity contribution in [1.82, 2.24) is 9.97 Å². The molecule has 178 valence electrons. The van der Waals surface area contributed by atoms with E-state index in [0.29, 0.717) is 17.6 Å². The Morgan fingerprint density at radius 3 is 2.64 bits per heavy atom. The Labute approximate surface area is 218 Å². The van der Waals surface area contributed by atoms with Crippen LogP contribution in [-0.4, -0.2) is 22.3 Å². The molecule has 7 heteroatoms. The Kier molecular flexibility index (Phi) is 6.13. The summed E-state index contributed by atoms with van der Waals surface area (Å²) < 4.78 is 5.79. The van der Waals surface area contributed by atoms with E-state index in [9.17, 15) is 0 Å². The number of ether oxygens (including phenoxy) is 1. The summed E-state index contributed by atoms with van der Waals surface area (Å²) in [5, 5.41) is 10.8. The van der Waals surface area contributed by atoms with E-state index in [1.54, 1.807) is 11.3 Å². The van der Waals surface area contributed by atoms with Gasteiger partial charge in [-0.3, -0.25) is 0 Å². The van der Waals surface area contributed by atoms with E-state index in [-0.39, 0.29) is 6.04 Å². The first-order valence-corrected chi connectivity index (χ1v) is 13.1. The fourth-order valence-electron chi connectivity index (χ4n) is 4.52. The average molecular weight is 511 g/mol. The van der Waals surface area contributed by atoms with Crippen LogP contribution >= 0.6 is 22.9 Å². The minimum atomic E-state index is -0.0539. The third kappa shape index (κ3) is 4.34. The Balaban J connectivity index is 1.51. The molecule has 1 atom stereocenters. The van der Waals surface area contributed by atoms with Crippen LogP contribution in [0.25, 0.3) is 22.2 Å². The van der Waals surface area contributed by atoms with Gasteiger partial charge < -0.3 is 4.74 Å². The molecule has 36 heavy (non-hydrogen) atoms. The SMILES string of the molecule is CCOc1cccc([C@H]2CC(c3cccs3)=NN2c2nc(-c3ccc(Cl)cc3)c3ccccc3n2)c1. The number of nitrogens with zero attached hydrogens (tertiary/aromatic N) is 4. The van der Waals surface area contributed by atoms with E-state index >= 15 is 0 Å². The van der Waals surface area contributed by atoms with Crippen LogP contribution in [0.5, 0.6) is 5.75 Å². The molecule has 0 N–H and O–H groups in total. The summed E-state index contributed by atoms with van der Waals surface area (Å²) in [6, 6.07) is 28.2. The van der Waals surface area contributed by atoms with Gasteiger partial charge in [0.05, 0.1) is 34.4 Å². The van der Waals surface area contributed by atoms with E-state index in [1.165, 1.54) is 0 Å². The first kappa shape index (κ1) is 22.7. The lowest BCUT2D eigenvalue weighted by Crippen LogP contribution is -2.21. The van der Waals surface area contributed by atoms with Gasteiger partial charge >= 0.3 is 0 Å². The Bertz CT molecular complexity index is 1550. The first-order valence-electron chi connectivity index (χ1n) is 11.9. The van der Waals surface area contributed by atoms with E-state index in [0.717, 1.165) is 50.5 Å². The zero-order valence-corrected chi connectivity index (χ0v) is 21.2. The molecule has 0 saturated heterocycles. The van der Waals surface area contributed by atoms with Crippen LogP contribution in [0.3, 0.4) is 0 Å². The topological polar surface area (TPSA) is 50.6 Å². The number of para-hydroxylation sites is 1. The van der Waals surface area contributed by atoms with Crippen molar-refractivity contribution < 1.29 is 4.74 Å². The van der Waals surface area contributed by atoms with Crippen molar-refractivity contribution in [2.45, 2.75) is 19.4 Å². The quantitative estimate of drug-likeness (QED) is 0.234. The number of hydrogen-bond acceptors (Lipinski definition) is 6. The van der Waals surface area contributed by atoms with Crippen molar-refractivity contribution in [3.63, 3.8) is 0 Å². The number of anilines is 1.